The van der Waals surface area contributed by atoms with Crippen LogP contribution in [0.15, 0.2) is 0 Å². The van der Waals surface area contributed by atoms with Gasteiger partial charge in [-0.25, -0.2) is 0 Å². The lowest BCUT2D eigenvalue weighted by Gasteiger charge is -1.74. The Morgan fingerprint density at radius 3 is 1.11 bits per heavy atom. The molecule has 0 spiro atoms. The molecule has 0 unspecified atom stereocenters. The summed E-state index contributed by atoms with van der Waals surface area (Å²) >= 11 is 24.0. The second-order valence-corrected chi connectivity index (χ2v) is 8.17. The van der Waals surface area contributed by atoms with Gasteiger partial charge in [0.15, 0.2) is 0 Å². The van der Waals surface area contributed by atoms with Crippen molar-refractivity contribution in [1.29, 1.82) is 0 Å². The van der Waals surface area contributed by atoms with Gasteiger partial charge in [0.2, 0.25) is 0 Å². The van der Waals surface area contributed by atoms with Crippen LogP contribution in [0.1, 0.15) is 0 Å². The summed E-state index contributed by atoms with van der Waals surface area (Å²) in [6.45, 7) is 0. The number of rotatable bonds is 1. The van der Waals surface area contributed by atoms with E-state index in [1.807, 2.05) is 0 Å². The molecule has 0 aromatic carbocycles. The van der Waals surface area contributed by atoms with Gasteiger partial charge in [0.1, 0.15) is 0 Å². The van der Waals surface area contributed by atoms with Gasteiger partial charge in [0, 0.05) is 11.8 Å². The molecule has 0 fully saturated rings. The summed E-state index contributed by atoms with van der Waals surface area (Å²) in [5, 5.41) is -3.22. The standard InChI is InChI=1S/C2H4Cl2.Cl3OP/c3-1-2-4;1-5(2,3)4/h1-2H2;. The highest BCUT2D eigenvalue weighted by Crippen LogP contribution is 2.61. The Morgan fingerprint density at radius 2 is 1.11 bits per heavy atom. The monoisotopic (exact) mass is 250 g/mol. The van der Waals surface area contributed by atoms with Crippen molar-refractivity contribution in [2.45, 2.75) is 0 Å². The minimum Gasteiger partial charge on any atom is -0.271 e. The lowest BCUT2D eigenvalue weighted by molar-refractivity contribution is 0.600. The zero-order chi connectivity index (χ0) is 7.91. The van der Waals surface area contributed by atoms with E-state index in [0.29, 0.717) is 11.8 Å². The van der Waals surface area contributed by atoms with Crippen molar-refractivity contribution in [3.63, 3.8) is 0 Å². The van der Waals surface area contributed by atoms with E-state index in [1.54, 1.807) is 0 Å². The maximum Gasteiger partial charge on any atom is 0.339 e. The highest BCUT2D eigenvalue weighted by molar-refractivity contribution is 8.24. The Balaban J connectivity index is 0. The fourth-order valence-corrected chi connectivity index (χ4v) is 0. The Hall–Kier alpha value is 1.68. The molecule has 0 bridgehead atoms. The molecule has 0 radical (unpaired) electrons. The zero-order valence-electron chi connectivity index (χ0n) is 4.16. The normalized spacial score (nSPS) is 9.89. The predicted octanol–water partition coefficient (Wildman–Crippen LogP) is 4.27. The second kappa shape index (κ2) is 7.78. The van der Waals surface area contributed by atoms with E-state index in [1.165, 1.54) is 0 Å². The Bertz CT molecular complexity index is 78.7. The maximum absolute atomic E-state index is 9.51. The first-order chi connectivity index (χ1) is 3.91. The van der Waals surface area contributed by atoms with Gasteiger partial charge in [-0.05, 0) is 33.7 Å². The van der Waals surface area contributed by atoms with Crippen LogP contribution in [0.25, 0.3) is 0 Å². The molecule has 0 aromatic rings. The van der Waals surface area contributed by atoms with Crippen molar-refractivity contribution in [2.75, 3.05) is 11.8 Å². The molecule has 0 aliphatic rings. The van der Waals surface area contributed by atoms with E-state index in [-0.39, 0.29) is 0 Å². The molecule has 0 aliphatic heterocycles. The van der Waals surface area contributed by atoms with Crippen LogP contribution in [-0.4, -0.2) is 11.8 Å². The van der Waals surface area contributed by atoms with E-state index in [4.69, 9.17) is 23.2 Å². The molecule has 9 heavy (non-hydrogen) atoms. The largest absolute Gasteiger partial charge is 0.339 e. The number of hydrogen-bond acceptors (Lipinski definition) is 1. The highest BCUT2D eigenvalue weighted by Gasteiger charge is 2.02. The van der Waals surface area contributed by atoms with E-state index in [2.05, 4.69) is 33.7 Å². The van der Waals surface area contributed by atoms with Gasteiger partial charge in [-0.15, -0.1) is 23.2 Å². The molecule has 0 amide bonds. The second-order valence-electron chi connectivity index (χ2n) is 0.777. The summed E-state index contributed by atoms with van der Waals surface area (Å²) in [5.74, 6) is 1.11. The topological polar surface area (TPSA) is 17.1 Å². The van der Waals surface area contributed by atoms with Crippen molar-refractivity contribution >= 4 is 62.1 Å². The lowest BCUT2D eigenvalue weighted by atomic mass is 11.0. The van der Waals surface area contributed by atoms with Crippen molar-refractivity contribution in [2.24, 2.45) is 0 Å². The molecule has 0 atom stereocenters. The van der Waals surface area contributed by atoms with Crippen LogP contribution < -0.4 is 0 Å². The molecule has 7 heteroatoms. The first-order valence-electron chi connectivity index (χ1n) is 1.72. The minimum absolute atomic E-state index is 0.557. The number of alkyl halides is 2. The summed E-state index contributed by atoms with van der Waals surface area (Å²) in [7, 11) is 0. The first kappa shape index (κ1) is 13.3. The van der Waals surface area contributed by atoms with Crippen LogP contribution in [0.2, 0.25) is 0 Å². The zero-order valence-corrected chi connectivity index (χ0v) is 8.83. The van der Waals surface area contributed by atoms with Gasteiger partial charge in [-0.2, -0.15) is 0 Å². The minimum atomic E-state index is -3.22. The lowest BCUT2D eigenvalue weighted by Crippen LogP contribution is -1.63. The molecule has 0 rings (SSSR count). The number of hydrogen-bond donors (Lipinski definition) is 0. The van der Waals surface area contributed by atoms with Crippen LogP contribution in [0.3, 0.4) is 0 Å². The van der Waals surface area contributed by atoms with Gasteiger partial charge in [-0.1, -0.05) is 0 Å². The van der Waals surface area contributed by atoms with Gasteiger partial charge in [0.25, 0.3) is 0 Å². The first-order valence-corrected chi connectivity index (χ1v) is 7.22. The van der Waals surface area contributed by atoms with Crippen LogP contribution in [0, 0.1) is 0 Å². The predicted molar refractivity (Wildman–Crippen MR) is 46.6 cm³/mol. The Kier molecular flexibility index (Phi) is 11.5. The van der Waals surface area contributed by atoms with Crippen LogP contribution in [-0.2, 0) is 4.57 Å². The third-order valence-electron chi connectivity index (χ3n) is 0.0714. The fourth-order valence-electron chi connectivity index (χ4n) is 0. The SMILES string of the molecule is ClCCCl.O=P(Cl)(Cl)Cl. The van der Waals surface area contributed by atoms with Crippen molar-refractivity contribution < 1.29 is 4.57 Å². The third-order valence-corrected chi connectivity index (χ3v) is 0.643. The summed E-state index contributed by atoms with van der Waals surface area (Å²) in [6, 6.07) is 0. The summed E-state index contributed by atoms with van der Waals surface area (Å²) in [4.78, 5) is 0. The summed E-state index contributed by atoms with van der Waals surface area (Å²) in [6.07, 6.45) is 0. The molecular weight excluding hydrogens is 248 g/mol. The van der Waals surface area contributed by atoms with E-state index >= 15 is 0 Å². The van der Waals surface area contributed by atoms with E-state index in [9.17, 15) is 4.57 Å². The van der Waals surface area contributed by atoms with Gasteiger partial charge in [0.05, 0.1) is 0 Å². The third kappa shape index (κ3) is 79.5. The molecule has 0 heterocycles. The Morgan fingerprint density at radius 1 is 1.00 bits per heavy atom. The molecule has 0 N–H and O–H groups in total. The molecule has 0 saturated heterocycles. The average Bonchev–Trinajstić information content (AvgIpc) is 1.61. The maximum atomic E-state index is 9.51. The molecular formula is C2H4Cl5OP. The van der Waals surface area contributed by atoms with Gasteiger partial charge in [-0.3, -0.25) is 4.57 Å². The summed E-state index contributed by atoms with van der Waals surface area (Å²) in [5.41, 5.74) is 0. The molecule has 0 aliphatic carbocycles. The molecule has 0 aromatic heterocycles. The molecule has 1 nitrogen and oxygen atoms in total. The van der Waals surface area contributed by atoms with Crippen LogP contribution in [0.5, 0.6) is 0 Å². The van der Waals surface area contributed by atoms with Crippen LogP contribution >= 0.6 is 62.1 Å². The number of halogens is 5. The molecule has 0 saturated carbocycles. The molecule has 58 valence electrons. The Labute approximate surface area is 78.3 Å². The average molecular weight is 252 g/mol. The van der Waals surface area contributed by atoms with E-state index < -0.39 is 5.20 Å². The van der Waals surface area contributed by atoms with Crippen LogP contribution in [0.4, 0.5) is 0 Å². The van der Waals surface area contributed by atoms with Gasteiger partial charge >= 0.3 is 5.20 Å². The van der Waals surface area contributed by atoms with E-state index in [0.717, 1.165) is 0 Å². The van der Waals surface area contributed by atoms with Crippen molar-refractivity contribution in [3.8, 4) is 0 Å². The smallest absolute Gasteiger partial charge is 0.271 e. The quantitative estimate of drug-likeness (QED) is 0.503. The van der Waals surface area contributed by atoms with Crippen molar-refractivity contribution in [1.82, 2.24) is 0 Å². The summed E-state index contributed by atoms with van der Waals surface area (Å²) < 4.78 is 9.51. The van der Waals surface area contributed by atoms with Crippen molar-refractivity contribution in [3.05, 3.63) is 0 Å². The highest BCUT2D eigenvalue weighted by atomic mass is 36.0. The fraction of sp³-hybridized carbons (Fsp3) is 1.00. The van der Waals surface area contributed by atoms with Gasteiger partial charge < -0.3 is 0 Å².